The van der Waals surface area contributed by atoms with E-state index in [2.05, 4.69) is 71.6 Å². The van der Waals surface area contributed by atoms with Crippen LogP contribution in [0.15, 0.2) is 23.3 Å². The maximum atomic E-state index is 4.75. The number of anilines is 1. The number of hydrogen-bond donors (Lipinski definition) is 2. The number of pyridine rings is 1. The first-order valence-corrected chi connectivity index (χ1v) is 10.6. The molecule has 0 saturated carbocycles. The van der Waals surface area contributed by atoms with Crippen molar-refractivity contribution in [3.8, 4) is 0 Å². The number of halogens is 1. The van der Waals surface area contributed by atoms with Gasteiger partial charge in [0.2, 0.25) is 0 Å². The molecular formula is C19H35IN6S. The van der Waals surface area contributed by atoms with E-state index >= 15 is 0 Å². The van der Waals surface area contributed by atoms with Crippen LogP contribution >= 0.6 is 35.7 Å². The number of guanidine groups is 1. The van der Waals surface area contributed by atoms with E-state index in [1.54, 1.807) is 0 Å². The smallest absolute Gasteiger partial charge is 0.191 e. The minimum atomic E-state index is 0. The lowest BCUT2D eigenvalue weighted by molar-refractivity contribution is 0.312. The number of rotatable bonds is 7. The van der Waals surface area contributed by atoms with Gasteiger partial charge in [0.15, 0.2) is 5.96 Å². The van der Waals surface area contributed by atoms with Gasteiger partial charge in [-0.15, -0.1) is 24.0 Å². The van der Waals surface area contributed by atoms with Crippen molar-refractivity contribution in [1.29, 1.82) is 0 Å². The van der Waals surface area contributed by atoms with Crippen molar-refractivity contribution in [3.63, 3.8) is 0 Å². The van der Waals surface area contributed by atoms with E-state index in [1.807, 2.05) is 18.0 Å². The number of aromatic nitrogens is 1. The molecule has 0 amide bonds. The van der Waals surface area contributed by atoms with Crippen LogP contribution in [0.25, 0.3) is 0 Å². The monoisotopic (exact) mass is 506 g/mol. The molecule has 2 rings (SSSR count). The van der Waals surface area contributed by atoms with Gasteiger partial charge in [-0.05, 0) is 51.8 Å². The molecule has 0 unspecified atom stereocenters. The van der Waals surface area contributed by atoms with Gasteiger partial charge in [-0.3, -0.25) is 0 Å². The van der Waals surface area contributed by atoms with E-state index in [1.165, 1.54) is 5.56 Å². The van der Waals surface area contributed by atoms with E-state index < -0.39 is 0 Å². The van der Waals surface area contributed by atoms with Gasteiger partial charge in [0.25, 0.3) is 0 Å². The Hall–Kier alpha value is -0.740. The highest BCUT2D eigenvalue weighted by atomic mass is 127. The molecule has 1 aromatic rings. The van der Waals surface area contributed by atoms with Gasteiger partial charge in [-0.2, -0.15) is 11.8 Å². The standard InChI is InChI=1S/C19H34N6S.HI/c1-6-20-18(23-15-19(2,3)26-5)22-14-16-7-8-21-17(13-16)25-11-9-24(4)10-12-25;/h7-8,13H,6,9-12,14-15H2,1-5H3,(H2,20,22,23);1H. The van der Waals surface area contributed by atoms with E-state index in [9.17, 15) is 0 Å². The second kappa shape index (κ2) is 12.0. The average Bonchev–Trinajstić information content (AvgIpc) is 2.65. The van der Waals surface area contributed by atoms with Crippen molar-refractivity contribution in [2.45, 2.75) is 32.1 Å². The number of piperazine rings is 1. The van der Waals surface area contributed by atoms with Gasteiger partial charge in [-0.1, -0.05) is 0 Å². The number of thioether (sulfide) groups is 1. The minimum Gasteiger partial charge on any atom is -0.357 e. The Balaban J connectivity index is 0.00000364. The normalized spacial score (nSPS) is 16.0. The molecule has 0 aromatic carbocycles. The molecule has 0 radical (unpaired) electrons. The van der Waals surface area contributed by atoms with Crippen LogP contribution < -0.4 is 15.5 Å². The summed E-state index contributed by atoms with van der Waals surface area (Å²) in [6, 6.07) is 4.22. The zero-order valence-corrected chi connectivity index (χ0v) is 20.4. The minimum absolute atomic E-state index is 0. The Morgan fingerprint density at radius 2 is 1.96 bits per heavy atom. The van der Waals surface area contributed by atoms with Gasteiger partial charge in [0, 0.05) is 50.2 Å². The van der Waals surface area contributed by atoms with Crippen LogP contribution in [0.4, 0.5) is 5.82 Å². The number of nitrogens with one attached hydrogen (secondary N) is 2. The molecule has 1 aliphatic heterocycles. The van der Waals surface area contributed by atoms with Gasteiger partial charge in [-0.25, -0.2) is 9.98 Å². The summed E-state index contributed by atoms with van der Waals surface area (Å²) in [5.74, 6) is 1.93. The average molecular weight is 507 g/mol. The topological polar surface area (TPSA) is 55.8 Å². The molecule has 0 atom stereocenters. The van der Waals surface area contributed by atoms with Gasteiger partial charge in [0.1, 0.15) is 5.82 Å². The summed E-state index contributed by atoms with van der Waals surface area (Å²) in [5, 5.41) is 6.78. The molecule has 154 valence electrons. The van der Waals surface area contributed by atoms with Crippen LogP contribution in [0.1, 0.15) is 26.3 Å². The molecule has 6 nitrogen and oxygen atoms in total. The summed E-state index contributed by atoms with van der Waals surface area (Å²) in [6.45, 7) is 13.2. The summed E-state index contributed by atoms with van der Waals surface area (Å²) in [6.07, 6.45) is 4.04. The van der Waals surface area contributed by atoms with Crippen LogP contribution in [-0.4, -0.2) is 73.2 Å². The molecule has 0 bridgehead atoms. The van der Waals surface area contributed by atoms with E-state index in [-0.39, 0.29) is 28.7 Å². The van der Waals surface area contributed by atoms with Crippen LogP contribution in [0.3, 0.4) is 0 Å². The second-order valence-electron chi connectivity index (χ2n) is 7.33. The quantitative estimate of drug-likeness (QED) is 0.337. The Labute approximate surface area is 186 Å². The largest absolute Gasteiger partial charge is 0.357 e. The lowest BCUT2D eigenvalue weighted by atomic mass is 10.2. The van der Waals surface area contributed by atoms with Crippen molar-refractivity contribution in [3.05, 3.63) is 23.9 Å². The molecule has 1 aliphatic rings. The molecule has 1 fully saturated rings. The highest BCUT2D eigenvalue weighted by molar-refractivity contribution is 14.0. The van der Waals surface area contributed by atoms with Crippen molar-refractivity contribution in [1.82, 2.24) is 20.5 Å². The molecule has 1 aromatic heterocycles. The summed E-state index contributed by atoms with van der Waals surface area (Å²) >= 11 is 1.86. The molecule has 0 spiro atoms. The third-order valence-electron chi connectivity index (χ3n) is 4.64. The third-order valence-corrected chi connectivity index (χ3v) is 5.88. The SMILES string of the molecule is CCNC(=NCc1ccnc(N2CCN(C)CC2)c1)NCC(C)(C)SC.I. The number of nitrogens with zero attached hydrogens (tertiary/aromatic N) is 4. The fraction of sp³-hybridized carbons (Fsp3) is 0.684. The van der Waals surface area contributed by atoms with Crippen LogP contribution in [0, 0.1) is 0 Å². The maximum absolute atomic E-state index is 4.75. The van der Waals surface area contributed by atoms with E-state index in [4.69, 9.17) is 4.99 Å². The number of hydrogen-bond acceptors (Lipinski definition) is 5. The fourth-order valence-electron chi connectivity index (χ4n) is 2.65. The first-order valence-electron chi connectivity index (χ1n) is 9.39. The summed E-state index contributed by atoms with van der Waals surface area (Å²) in [4.78, 5) is 14.0. The first-order chi connectivity index (χ1) is 12.4. The van der Waals surface area contributed by atoms with Crippen molar-refractivity contribution in [2.75, 3.05) is 57.5 Å². The summed E-state index contributed by atoms with van der Waals surface area (Å²) < 4.78 is 0.182. The Morgan fingerprint density at radius 3 is 2.59 bits per heavy atom. The predicted molar refractivity (Wildman–Crippen MR) is 130 cm³/mol. The van der Waals surface area contributed by atoms with Gasteiger partial charge >= 0.3 is 0 Å². The number of likely N-dealkylation sites (N-methyl/N-ethyl adjacent to an activating group) is 1. The van der Waals surface area contributed by atoms with Gasteiger partial charge in [0.05, 0.1) is 6.54 Å². The Morgan fingerprint density at radius 1 is 1.26 bits per heavy atom. The summed E-state index contributed by atoms with van der Waals surface area (Å²) in [7, 11) is 2.17. The summed E-state index contributed by atoms with van der Waals surface area (Å²) in [5.41, 5.74) is 1.19. The zero-order chi connectivity index (χ0) is 19.0. The molecule has 1 saturated heterocycles. The highest BCUT2D eigenvalue weighted by Crippen LogP contribution is 2.19. The molecule has 8 heteroatoms. The Bertz CT molecular complexity index is 587. The first kappa shape index (κ1) is 24.3. The molecule has 27 heavy (non-hydrogen) atoms. The molecule has 0 aliphatic carbocycles. The highest BCUT2D eigenvalue weighted by Gasteiger charge is 2.17. The van der Waals surface area contributed by atoms with Crippen molar-refractivity contribution >= 4 is 47.5 Å². The van der Waals surface area contributed by atoms with Crippen molar-refractivity contribution in [2.24, 2.45) is 4.99 Å². The second-order valence-corrected chi connectivity index (χ2v) is 8.84. The fourth-order valence-corrected chi connectivity index (χ4v) is 2.86. The lowest BCUT2D eigenvalue weighted by Gasteiger charge is -2.33. The van der Waals surface area contributed by atoms with Crippen LogP contribution in [0.2, 0.25) is 0 Å². The third kappa shape index (κ3) is 8.43. The molecular weight excluding hydrogens is 471 g/mol. The predicted octanol–water partition coefficient (Wildman–Crippen LogP) is 2.65. The van der Waals surface area contributed by atoms with E-state index in [0.717, 1.165) is 51.0 Å². The number of aliphatic imine (C=N–C) groups is 1. The lowest BCUT2D eigenvalue weighted by Crippen LogP contribution is -2.44. The molecule has 2 heterocycles. The maximum Gasteiger partial charge on any atom is 0.191 e. The van der Waals surface area contributed by atoms with Gasteiger partial charge < -0.3 is 20.4 Å². The molecule has 2 N–H and O–H groups in total. The van der Waals surface area contributed by atoms with Crippen molar-refractivity contribution < 1.29 is 0 Å². The van der Waals surface area contributed by atoms with Crippen LogP contribution in [0.5, 0.6) is 0 Å². The Kier molecular flexibility index (Phi) is 10.8. The van der Waals surface area contributed by atoms with E-state index in [0.29, 0.717) is 6.54 Å². The van der Waals surface area contributed by atoms with Crippen LogP contribution in [-0.2, 0) is 6.54 Å². The zero-order valence-electron chi connectivity index (χ0n) is 17.3.